The van der Waals surface area contributed by atoms with Crippen LogP contribution in [0.15, 0.2) is 18.2 Å². The van der Waals surface area contributed by atoms with E-state index in [-0.39, 0.29) is 6.42 Å². The maximum Gasteiger partial charge on any atom is 0.303 e. The van der Waals surface area contributed by atoms with Gasteiger partial charge in [-0.3, -0.25) is 9.78 Å². The van der Waals surface area contributed by atoms with Crippen molar-refractivity contribution in [2.24, 2.45) is 0 Å². The number of nitrogens with zero attached hydrogens (tertiary/aromatic N) is 1. The maximum absolute atomic E-state index is 11.0. The van der Waals surface area contributed by atoms with Crippen molar-refractivity contribution >= 4 is 16.9 Å². The lowest BCUT2D eigenvalue weighted by atomic mass is 9.94. The Hall–Kier alpha value is -1.90. The first kappa shape index (κ1) is 14.1. The molecule has 0 saturated heterocycles. The van der Waals surface area contributed by atoms with E-state index >= 15 is 0 Å². The Bertz CT molecular complexity index is 704. The van der Waals surface area contributed by atoms with E-state index < -0.39 is 5.97 Å². The molecule has 0 unspecified atom stereocenters. The summed E-state index contributed by atoms with van der Waals surface area (Å²) in [7, 11) is 0. The van der Waals surface area contributed by atoms with Gasteiger partial charge in [-0.05, 0) is 60.4 Å². The number of aliphatic carboxylic acids is 1. The zero-order valence-corrected chi connectivity index (χ0v) is 12.6. The van der Waals surface area contributed by atoms with Crippen LogP contribution in [0.3, 0.4) is 0 Å². The van der Waals surface area contributed by atoms with E-state index in [2.05, 4.69) is 32.0 Å². The molecule has 0 radical (unpaired) electrons. The zero-order chi connectivity index (χ0) is 15.0. The van der Waals surface area contributed by atoms with Crippen LogP contribution in [0, 0.1) is 0 Å². The van der Waals surface area contributed by atoms with Gasteiger partial charge >= 0.3 is 5.97 Å². The molecule has 0 saturated carbocycles. The molecular formula is C18H21NO2. The van der Waals surface area contributed by atoms with Crippen LogP contribution in [-0.4, -0.2) is 16.1 Å². The summed E-state index contributed by atoms with van der Waals surface area (Å²) < 4.78 is 0. The Kier molecular flexibility index (Phi) is 3.66. The molecule has 1 aliphatic rings. The number of hydrogen-bond acceptors (Lipinski definition) is 2. The molecule has 3 nitrogen and oxygen atoms in total. The SMILES string of the molecule is CC(C)c1ccc2nc3c(c(CCC(=O)O)c2c1)CCC3. The molecule has 0 amide bonds. The fourth-order valence-electron chi connectivity index (χ4n) is 3.25. The number of hydrogen-bond donors (Lipinski definition) is 1. The second kappa shape index (κ2) is 5.47. The summed E-state index contributed by atoms with van der Waals surface area (Å²) in [4.78, 5) is 15.8. The van der Waals surface area contributed by atoms with E-state index in [9.17, 15) is 4.79 Å². The van der Waals surface area contributed by atoms with Gasteiger partial charge in [-0.1, -0.05) is 19.9 Å². The Morgan fingerprint density at radius 3 is 2.86 bits per heavy atom. The molecule has 3 heteroatoms. The summed E-state index contributed by atoms with van der Waals surface area (Å²) in [5.74, 6) is -0.262. The topological polar surface area (TPSA) is 50.2 Å². The van der Waals surface area contributed by atoms with Gasteiger partial charge in [0.1, 0.15) is 0 Å². The fourth-order valence-corrected chi connectivity index (χ4v) is 3.25. The van der Waals surface area contributed by atoms with Crippen molar-refractivity contribution in [3.63, 3.8) is 0 Å². The summed E-state index contributed by atoms with van der Waals surface area (Å²) in [6.07, 6.45) is 4.00. The minimum absolute atomic E-state index is 0.192. The molecule has 0 fully saturated rings. The van der Waals surface area contributed by atoms with Crippen LogP contribution < -0.4 is 0 Å². The highest BCUT2D eigenvalue weighted by Gasteiger charge is 2.20. The van der Waals surface area contributed by atoms with Crippen molar-refractivity contribution in [3.05, 3.63) is 40.6 Å². The lowest BCUT2D eigenvalue weighted by Crippen LogP contribution is -2.04. The molecule has 1 aliphatic carbocycles. The first-order chi connectivity index (χ1) is 10.1. The predicted molar refractivity (Wildman–Crippen MR) is 83.8 cm³/mol. The minimum Gasteiger partial charge on any atom is -0.481 e. The average molecular weight is 283 g/mol. The highest BCUT2D eigenvalue weighted by Crippen LogP contribution is 2.32. The number of pyridine rings is 1. The van der Waals surface area contributed by atoms with Crippen LogP contribution in [0.25, 0.3) is 10.9 Å². The average Bonchev–Trinajstić information content (AvgIpc) is 2.90. The summed E-state index contributed by atoms with van der Waals surface area (Å²) in [5.41, 5.74) is 6.02. The van der Waals surface area contributed by atoms with Gasteiger partial charge in [-0.15, -0.1) is 0 Å². The first-order valence-electron chi connectivity index (χ1n) is 7.72. The third-order valence-corrected chi connectivity index (χ3v) is 4.41. The molecule has 1 aromatic carbocycles. The summed E-state index contributed by atoms with van der Waals surface area (Å²) in [5, 5.41) is 10.2. The maximum atomic E-state index is 11.0. The Balaban J connectivity index is 2.18. The highest BCUT2D eigenvalue weighted by atomic mass is 16.4. The normalized spacial score (nSPS) is 13.9. The van der Waals surface area contributed by atoms with E-state index in [4.69, 9.17) is 10.1 Å². The monoisotopic (exact) mass is 283 g/mol. The van der Waals surface area contributed by atoms with E-state index in [1.165, 1.54) is 22.4 Å². The highest BCUT2D eigenvalue weighted by molar-refractivity contribution is 5.85. The smallest absolute Gasteiger partial charge is 0.303 e. The number of benzene rings is 1. The van der Waals surface area contributed by atoms with Gasteiger partial charge in [0, 0.05) is 17.5 Å². The van der Waals surface area contributed by atoms with Crippen molar-refractivity contribution in [1.82, 2.24) is 4.98 Å². The molecule has 1 aromatic heterocycles. The van der Waals surface area contributed by atoms with Crippen LogP contribution in [0.2, 0.25) is 0 Å². The summed E-state index contributed by atoms with van der Waals surface area (Å²) in [6.45, 7) is 4.36. The third kappa shape index (κ3) is 2.65. The number of carboxylic acids is 1. The van der Waals surface area contributed by atoms with Crippen LogP contribution in [0.1, 0.15) is 55.0 Å². The van der Waals surface area contributed by atoms with Crippen LogP contribution in [-0.2, 0) is 24.1 Å². The molecule has 1 N–H and O–H groups in total. The number of fused-ring (bicyclic) bond motifs is 2. The predicted octanol–water partition coefficient (Wildman–Crippen LogP) is 3.86. The minimum atomic E-state index is -0.730. The van der Waals surface area contributed by atoms with Gasteiger partial charge in [0.25, 0.3) is 0 Å². The fraction of sp³-hybridized carbons (Fsp3) is 0.444. The van der Waals surface area contributed by atoms with Crippen LogP contribution in [0.5, 0.6) is 0 Å². The number of carbonyl (C=O) groups is 1. The lowest BCUT2D eigenvalue weighted by molar-refractivity contribution is -0.136. The molecule has 3 rings (SSSR count). The first-order valence-corrected chi connectivity index (χ1v) is 7.72. The third-order valence-electron chi connectivity index (χ3n) is 4.41. The Morgan fingerprint density at radius 2 is 2.14 bits per heavy atom. The molecule has 21 heavy (non-hydrogen) atoms. The largest absolute Gasteiger partial charge is 0.481 e. The Morgan fingerprint density at radius 1 is 1.33 bits per heavy atom. The molecule has 0 spiro atoms. The zero-order valence-electron chi connectivity index (χ0n) is 12.6. The number of aryl methyl sites for hydroxylation is 2. The second-order valence-corrected chi connectivity index (χ2v) is 6.19. The molecule has 0 atom stereocenters. The Labute approximate surface area is 125 Å². The van der Waals surface area contributed by atoms with Crippen LogP contribution in [0.4, 0.5) is 0 Å². The van der Waals surface area contributed by atoms with Crippen LogP contribution >= 0.6 is 0 Å². The van der Waals surface area contributed by atoms with E-state index in [1.807, 2.05) is 0 Å². The van der Waals surface area contributed by atoms with Gasteiger partial charge in [0.15, 0.2) is 0 Å². The standard InChI is InChI=1S/C18H21NO2/c1-11(2)12-6-8-17-15(10-12)13(7-9-18(20)21)14-4-3-5-16(14)19-17/h6,8,10-11H,3-5,7,9H2,1-2H3,(H,20,21). The molecule has 1 heterocycles. The lowest BCUT2D eigenvalue weighted by Gasteiger charge is -2.14. The van der Waals surface area contributed by atoms with E-state index in [1.54, 1.807) is 0 Å². The number of rotatable bonds is 4. The quantitative estimate of drug-likeness (QED) is 0.926. The summed E-state index contributed by atoms with van der Waals surface area (Å²) in [6, 6.07) is 6.44. The number of aromatic nitrogens is 1. The van der Waals surface area contributed by atoms with Gasteiger partial charge in [0.05, 0.1) is 5.52 Å². The van der Waals surface area contributed by atoms with Crippen molar-refractivity contribution < 1.29 is 9.90 Å². The molecule has 110 valence electrons. The number of carboxylic acid groups (broad SMARTS) is 1. The van der Waals surface area contributed by atoms with Gasteiger partial charge in [-0.25, -0.2) is 0 Å². The van der Waals surface area contributed by atoms with Gasteiger partial charge in [-0.2, -0.15) is 0 Å². The van der Waals surface area contributed by atoms with Crippen molar-refractivity contribution in [2.75, 3.05) is 0 Å². The molecule has 2 aromatic rings. The second-order valence-electron chi connectivity index (χ2n) is 6.19. The molecule has 0 aliphatic heterocycles. The van der Waals surface area contributed by atoms with E-state index in [0.717, 1.165) is 30.2 Å². The molecular weight excluding hydrogens is 262 g/mol. The van der Waals surface area contributed by atoms with Crippen molar-refractivity contribution in [2.45, 2.75) is 51.9 Å². The van der Waals surface area contributed by atoms with Crippen molar-refractivity contribution in [1.29, 1.82) is 0 Å². The van der Waals surface area contributed by atoms with E-state index in [0.29, 0.717) is 12.3 Å². The summed E-state index contributed by atoms with van der Waals surface area (Å²) >= 11 is 0. The van der Waals surface area contributed by atoms with Gasteiger partial charge in [0.2, 0.25) is 0 Å². The molecule has 0 bridgehead atoms. The van der Waals surface area contributed by atoms with Crippen molar-refractivity contribution in [3.8, 4) is 0 Å². The van der Waals surface area contributed by atoms with Gasteiger partial charge < -0.3 is 5.11 Å².